The van der Waals surface area contributed by atoms with Gasteiger partial charge in [-0.1, -0.05) is 18.3 Å². The molecule has 36 heavy (non-hydrogen) atoms. The van der Waals surface area contributed by atoms with E-state index < -0.39 is 40.1 Å². The van der Waals surface area contributed by atoms with Gasteiger partial charge >= 0.3 is 5.97 Å². The number of sulfonamides is 1. The number of esters is 1. The first-order valence-electron chi connectivity index (χ1n) is 11.4. The molecule has 0 aliphatic carbocycles. The van der Waals surface area contributed by atoms with Crippen molar-refractivity contribution in [3.05, 3.63) is 58.4 Å². The zero-order valence-corrected chi connectivity index (χ0v) is 21.4. The third-order valence-corrected chi connectivity index (χ3v) is 8.90. The number of carbonyl (C=O) groups is 2. The standard InChI is InChI=1S/C24H25F2N3O5S2/c1-3-34-21(30)14-29-22-19(26)12-17(25)13-20(22)35-24(29)27-23(31)16-4-6-18(7-5-16)36(32,33)28-10-8-15(2)9-11-28/h4-7,12-13,15H,3,8-11,14H2,1-2H3. The normalized spacial score (nSPS) is 15.9. The van der Waals surface area contributed by atoms with Crippen LogP contribution in [0.15, 0.2) is 46.3 Å². The summed E-state index contributed by atoms with van der Waals surface area (Å²) in [6.45, 7) is 4.29. The summed E-state index contributed by atoms with van der Waals surface area (Å²) in [5.41, 5.74) is 0.0336. The second-order valence-electron chi connectivity index (χ2n) is 8.54. The van der Waals surface area contributed by atoms with Crippen LogP contribution in [-0.2, 0) is 26.1 Å². The number of benzene rings is 2. The lowest BCUT2D eigenvalue weighted by Gasteiger charge is -2.29. The van der Waals surface area contributed by atoms with E-state index in [1.54, 1.807) is 6.92 Å². The maximum absolute atomic E-state index is 14.6. The Labute approximate surface area is 210 Å². The average molecular weight is 538 g/mol. The molecule has 2 aromatic carbocycles. The second kappa shape index (κ2) is 10.6. The topological polar surface area (TPSA) is 98.0 Å². The Hall–Kier alpha value is -2.96. The molecule has 1 aromatic heterocycles. The highest BCUT2D eigenvalue weighted by molar-refractivity contribution is 7.89. The summed E-state index contributed by atoms with van der Waals surface area (Å²) in [6.07, 6.45) is 1.58. The highest BCUT2D eigenvalue weighted by atomic mass is 32.2. The number of piperidine rings is 1. The Kier molecular flexibility index (Phi) is 7.67. The van der Waals surface area contributed by atoms with Crippen molar-refractivity contribution in [3.63, 3.8) is 0 Å². The first-order valence-corrected chi connectivity index (χ1v) is 13.7. The third-order valence-electron chi connectivity index (χ3n) is 5.97. The van der Waals surface area contributed by atoms with Gasteiger partial charge in [0, 0.05) is 24.7 Å². The Bertz CT molecular complexity index is 1470. The van der Waals surface area contributed by atoms with Gasteiger partial charge in [0.1, 0.15) is 12.4 Å². The first kappa shape index (κ1) is 26.1. The molecule has 0 spiro atoms. The van der Waals surface area contributed by atoms with E-state index in [-0.39, 0.29) is 32.1 Å². The van der Waals surface area contributed by atoms with Crippen molar-refractivity contribution in [2.45, 2.75) is 38.1 Å². The number of fused-ring (bicyclic) bond motifs is 1. The van der Waals surface area contributed by atoms with Crippen molar-refractivity contribution in [2.24, 2.45) is 10.9 Å². The van der Waals surface area contributed by atoms with Crippen molar-refractivity contribution in [2.75, 3.05) is 19.7 Å². The fourth-order valence-electron chi connectivity index (χ4n) is 3.99. The second-order valence-corrected chi connectivity index (χ2v) is 11.5. The molecule has 0 N–H and O–H groups in total. The predicted molar refractivity (Wildman–Crippen MR) is 130 cm³/mol. The smallest absolute Gasteiger partial charge is 0.326 e. The van der Waals surface area contributed by atoms with Crippen LogP contribution in [0.5, 0.6) is 0 Å². The Morgan fingerprint density at radius 2 is 1.81 bits per heavy atom. The van der Waals surface area contributed by atoms with Gasteiger partial charge < -0.3 is 9.30 Å². The molecule has 0 bridgehead atoms. The number of hydrogen-bond donors (Lipinski definition) is 0. The number of thiazole rings is 1. The van der Waals surface area contributed by atoms with Crippen LogP contribution in [0.2, 0.25) is 0 Å². The molecule has 2 heterocycles. The van der Waals surface area contributed by atoms with Gasteiger partial charge in [-0.25, -0.2) is 17.2 Å². The zero-order chi connectivity index (χ0) is 26.0. The number of hydrogen-bond acceptors (Lipinski definition) is 6. The summed E-state index contributed by atoms with van der Waals surface area (Å²) in [5, 5.41) is 0. The molecule has 0 unspecified atom stereocenters. The molecule has 1 aliphatic heterocycles. The van der Waals surface area contributed by atoms with Crippen LogP contribution < -0.4 is 4.80 Å². The van der Waals surface area contributed by atoms with Crippen LogP contribution >= 0.6 is 11.3 Å². The maximum atomic E-state index is 14.6. The van der Waals surface area contributed by atoms with E-state index in [2.05, 4.69) is 11.9 Å². The van der Waals surface area contributed by atoms with Gasteiger partial charge in [0.05, 0.1) is 21.7 Å². The van der Waals surface area contributed by atoms with Crippen LogP contribution in [0.3, 0.4) is 0 Å². The largest absolute Gasteiger partial charge is 0.465 e. The van der Waals surface area contributed by atoms with Crippen molar-refractivity contribution in [3.8, 4) is 0 Å². The minimum Gasteiger partial charge on any atom is -0.465 e. The molecule has 1 aliphatic rings. The summed E-state index contributed by atoms with van der Waals surface area (Å²) in [5.74, 6) is -2.63. The fraction of sp³-hybridized carbons (Fsp3) is 0.375. The van der Waals surface area contributed by atoms with Gasteiger partial charge in [-0.2, -0.15) is 9.30 Å². The summed E-state index contributed by atoms with van der Waals surface area (Å²) in [4.78, 5) is 29.1. The molecule has 0 saturated carbocycles. The third kappa shape index (κ3) is 5.40. The van der Waals surface area contributed by atoms with E-state index in [9.17, 15) is 26.8 Å². The van der Waals surface area contributed by atoms with Crippen LogP contribution in [0.25, 0.3) is 10.2 Å². The number of aromatic nitrogens is 1. The number of nitrogens with zero attached hydrogens (tertiary/aromatic N) is 3. The molecule has 0 radical (unpaired) electrons. The molecule has 0 atom stereocenters. The summed E-state index contributed by atoms with van der Waals surface area (Å²) in [7, 11) is -3.68. The number of amides is 1. The number of carbonyl (C=O) groups excluding carboxylic acids is 2. The summed E-state index contributed by atoms with van der Waals surface area (Å²) >= 11 is 0.847. The lowest BCUT2D eigenvalue weighted by atomic mass is 10.0. The van der Waals surface area contributed by atoms with Gasteiger partial charge in [0.25, 0.3) is 5.91 Å². The highest BCUT2D eigenvalue weighted by Crippen LogP contribution is 2.25. The molecule has 192 valence electrons. The van der Waals surface area contributed by atoms with Crippen molar-refractivity contribution in [1.29, 1.82) is 0 Å². The summed E-state index contributed by atoms with van der Waals surface area (Å²) in [6, 6.07) is 7.19. The van der Waals surface area contributed by atoms with Gasteiger partial charge in [-0.05, 0) is 56.0 Å². The molecule has 12 heteroatoms. The molecule has 8 nitrogen and oxygen atoms in total. The monoisotopic (exact) mass is 537 g/mol. The van der Waals surface area contributed by atoms with Crippen LogP contribution in [-0.4, -0.2) is 48.9 Å². The van der Waals surface area contributed by atoms with E-state index in [0.29, 0.717) is 25.1 Å². The number of rotatable bonds is 6. The molecular weight excluding hydrogens is 512 g/mol. The Morgan fingerprint density at radius 1 is 1.14 bits per heavy atom. The highest BCUT2D eigenvalue weighted by Gasteiger charge is 2.28. The SMILES string of the molecule is CCOC(=O)Cn1c(=NC(=O)c2ccc(S(=O)(=O)N3CCC(C)CC3)cc2)sc2cc(F)cc(F)c21. The van der Waals surface area contributed by atoms with Crippen molar-refractivity contribution in [1.82, 2.24) is 8.87 Å². The average Bonchev–Trinajstić information content (AvgIpc) is 3.16. The van der Waals surface area contributed by atoms with Gasteiger partial charge in [-0.3, -0.25) is 9.59 Å². The minimum absolute atomic E-state index is 0.0216. The maximum Gasteiger partial charge on any atom is 0.326 e. The van der Waals surface area contributed by atoms with E-state index in [1.165, 1.54) is 33.1 Å². The van der Waals surface area contributed by atoms with Gasteiger partial charge in [-0.15, -0.1) is 0 Å². The fourth-order valence-corrected chi connectivity index (χ4v) is 6.53. The number of halogens is 2. The van der Waals surface area contributed by atoms with Crippen molar-refractivity contribution >= 4 is 43.5 Å². The summed E-state index contributed by atoms with van der Waals surface area (Å²) < 4.78 is 61.9. The lowest BCUT2D eigenvalue weighted by molar-refractivity contribution is -0.143. The molecule has 3 aromatic rings. The molecule has 1 amide bonds. The van der Waals surface area contributed by atoms with E-state index in [0.717, 1.165) is 30.2 Å². The van der Waals surface area contributed by atoms with Gasteiger partial charge in [0.2, 0.25) is 10.0 Å². The van der Waals surface area contributed by atoms with E-state index >= 15 is 0 Å². The van der Waals surface area contributed by atoms with E-state index in [1.807, 2.05) is 0 Å². The molecule has 1 fully saturated rings. The molecule has 1 saturated heterocycles. The quantitative estimate of drug-likeness (QED) is 0.447. The van der Waals surface area contributed by atoms with Crippen LogP contribution in [0.4, 0.5) is 8.78 Å². The molecular formula is C24H25F2N3O5S2. The lowest BCUT2D eigenvalue weighted by Crippen LogP contribution is -2.37. The van der Waals surface area contributed by atoms with E-state index in [4.69, 9.17) is 4.74 Å². The Balaban J connectivity index is 1.67. The molecule has 4 rings (SSSR count). The number of ether oxygens (including phenoxy) is 1. The van der Waals surface area contributed by atoms with Crippen LogP contribution in [0.1, 0.15) is 37.0 Å². The Morgan fingerprint density at radius 3 is 2.44 bits per heavy atom. The van der Waals surface area contributed by atoms with Gasteiger partial charge in [0.15, 0.2) is 10.6 Å². The van der Waals surface area contributed by atoms with Crippen molar-refractivity contribution < 1.29 is 31.5 Å². The van der Waals surface area contributed by atoms with Crippen LogP contribution in [0, 0.1) is 17.6 Å². The predicted octanol–water partition coefficient (Wildman–Crippen LogP) is 3.71. The minimum atomic E-state index is -3.68. The zero-order valence-electron chi connectivity index (χ0n) is 19.7. The first-order chi connectivity index (χ1) is 17.1.